The van der Waals surface area contributed by atoms with E-state index in [0.717, 1.165) is 6.42 Å². The lowest BCUT2D eigenvalue weighted by molar-refractivity contribution is 0.0113. The van der Waals surface area contributed by atoms with Gasteiger partial charge in [0, 0.05) is 12.6 Å². The van der Waals surface area contributed by atoms with Gasteiger partial charge in [-0.1, -0.05) is 40.7 Å². The van der Waals surface area contributed by atoms with E-state index in [1.807, 2.05) is 12.1 Å². The predicted octanol–water partition coefficient (Wildman–Crippen LogP) is 3.96. The molecule has 116 valence electrons. The largest absolute Gasteiger partial charge is 0.508 e. The summed E-state index contributed by atoms with van der Waals surface area (Å²) in [6.45, 7) is 14.2. The molecule has 1 unspecified atom stereocenters. The maximum atomic E-state index is 9.88. The molecule has 2 aliphatic rings. The van der Waals surface area contributed by atoms with Gasteiger partial charge in [-0.3, -0.25) is 4.90 Å². The number of piperidine rings is 1. The Morgan fingerprint density at radius 2 is 2.05 bits per heavy atom. The highest BCUT2D eigenvalue weighted by atomic mass is 16.3. The van der Waals surface area contributed by atoms with Crippen molar-refractivity contribution in [2.75, 3.05) is 13.1 Å². The van der Waals surface area contributed by atoms with Gasteiger partial charge < -0.3 is 5.11 Å². The molecule has 1 saturated heterocycles. The summed E-state index contributed by atoms with van der Waals surface area (Å²) in [5.74, 6) is 1.06. The molecule has 1 aromatic rings. The maximum absolute atomic E-state index is 9.88. The number of likely N-dealkylation sites (tertiary alicyclic amines) is 1. The second-order valence-electron chi connectivity index (χ2n) is 8.60. The van der Waals surface area contributed by atoms with Crippen LogP contribution in [-0.2, 0) is 11.8 Å². The molecular formula is C19H29NO. The minimum atomic E-state index is 0.214. The summed E-state index contributed by atoms with van der Waals surface area (Å²) in [6, 6.07) is 6.64. The molecule has 21 heavy (non-hydrogen) atoms. The highest BCUT2D eigenvalue weighted by Gasteiger charge is 2.48. The average molecular weight is 287 g/mol. The van der Waals surface area contributed by atoms with Crippen molar-refractivity contribution in [3.05, 3.63) is 29.3 Å². The first-order chi connectivity index (χ1) is 9.71. The van der Waals surface area contributed by atoms with Crippen LogP contribution in [0.3, 0.4) is 0 Å². The van der Waals surface area contributed by atoms with E-state index in [0.29, 0.717) is 23.1 Å². The molecule has 3 atom stereocenters. The van der Waals surface area contributed by atoms with E-state index in [4.69, 9.17) is 0 Å². The molecule has 2 bridgehead atoms. The SMILES string of the molecule is CC1[C@H]2Cc3ccc(O)cc3[C@]1(C)CCN2CC(C)(C)C. The Kier molecular flexibility index (Phi) is 3.36. The van der Waals surface area contributed by atoms with Crippen LogP contribution in [0.15, 0.2) is 18.2 Å². The summed E-state index contributed by atoms with van der Waals surface area (Å²) >= 11 is 0. The molecule has 1 aliphatic heterocycles. The number of phenolic OH excluding ortho intramolecular Hbond substituents is 1. The highest BCUT2D eigenvalue weighted by Crippen LogP contribution is 2.49. The number of phenols is 1. The molecule has 1 aliphatic carbocycles. The third-order valence-electron chi connectivity index (χ3n) is 5.78. The van der Waals surface area contributed by atoms with Crippen molar-refractivity contribution >= 4 is 0 Å². The van der Waals surface area contributed by atoms with Crippen LogP contribution >= 0.6 is 0 Å². The van der Waals surface area contributed by atoms with Gasteiger partial charge >= 0.3 is 0 Å². The van der Waals surface area contributed by atoms with Crippen molar-refractivity contribution in [2.24, 2.45) is 11.3 Å². The van der Waals surface area contributed by atoms with Crippen molar-refractivity contribution < 1.29 is 5.11 Å². The summed E-state index contributed by atoms with van der Waals surface area (Å²) in [4.78, 5) is 2.71. The Morgan fingerprint density at radius 1 is 1.33 bits per heavy atom. The lowest BCUT2D eigenvalue weighted by Crippen LogP contribution is -2.59. The fourth-order valence-electron chi connectivity index (χ4n) is 4.50. The first kappa shape index (κ1) is 14.9. The Labute approximate surface area is 129 Å². The number of hydrogen-bond donors (Lipinski definition) is 1. The van der Waals surface area contributed by atoms with E-state index in [2.05, 4.69) is 45.6 Å². The van der Waals surface area contributed by atoms with Crippen LogP contribution in [0, 0.1) is 11.3 Å². The molecule has 1 aromatic carbocycles. The standard InChI is InChI=1S/C19H29NO/c1-13-17-10-14-6-7-15(21)11-16(14)19(13,5)8-9-20(17)12-18(2,3)4/h6-7,11,13,17,21H,8-10,12H2,1-5H3/t13?,17-,19-/m1/s1. The highest BCUT2D eigenvalue weighted by molar-refractivity contribution is 5.44. The third kappa shape index (κ3) is 2.48. The van der Waals surface area contributed by atoms with Gasteiger partial charge in [0.25, 0.3) is 0 Å². The molecule has 2 heteroatoms. The average Bonchev–Trinajstić information content (AvgIpc) is 2.37. The van der Waals surface area contributed by atoms with E-state index < -0.39 is 0 Å². The van der Waals surface area contributed by atoms with Gasteiger partial charge in [-0.05, 0) is 59.4 Å². The second kappa shape index (κ2) is 4.74. The number of benzene rings is 1. The van der Waals surface area contributed by atoms with Crippen LogP contribution in [0.4, 0.5) is 0 Å². The Balaban J connectivity index is 1.98. The zero-order valence-electron chi connectivity index (χ0n) is 14.1. The molecule has 0 spiro atoms. The van der Waals surface area contributed by atoms with Crippen molar-refractivity contribution in [2.45, 2.75) is 58.9 Å². The van der Waals surface area contributed by atoms with E-state index in [-0.39, 0.29) is 5.41 Å². The molecule has 2 nitrogen and oxygen atoms in total. The van der Waals surface area contributed by atoms with Crippen molar-refractivity contribution in [1.29, 1.82) is 0 Å². The van der Waals surface area contributed by atoms with E-state index in [9.17, 15) is 5.11 Å². The number of rotatable bonds is 1. The molecule has 0 aromatic heterocycles. The van der Waals surface area contributed by atoms with Gasteiger partial charge in [-0.2, -0.15) is 0 Å². The first-order valence-corrected chi connectivity index (χ1v) is 8.27. The molecule has 0 saturated carbocycles. The number of fused-ring (bicyclic) bond motifs is 4. The van der Waals surface area contributed by atoms with E-state index in [1.165, 1.54) is 30.6 Å². The van der Waals surface area contributed by atoms with E-state index >= 15 is 0 Å². The number of hydrogen-bond acceptors (Lipinski definition) is 2. The lowest BCUT2D eigenvalue weighted by atomic mass is 9.59. The van der Waals surface area contributed by atoms with Gasteiger partial charge in [-0.15, -0.1) is 0 Å². The maximum Gasteiger partial charge on any atom is 0.115 e. The summed E-state index contributed by atoms with van der Waals surface area (Å²) in [5.41, 5.74) is 3.40. The third-order valence-corrected chi connectivity index (χ3v) is 5.78. The fourth-order valence-corrected chi connectivity index (χ4v) is 4.50. The van der Waals surface area contributed by atoms with E-state index in [1.54, 1.807) is 0 Å². The molecule has 3 rings (SSSR count). The van der Waals surface area contributed by atoms with Gasteiger partial charge in [-0.25, -0.2) is 0 Å². The monoisotopic (exact) mass is 287 g/mol. The Morgan fingerprint density at radius 3 is 2.71 bits per heavy atom. The second-order valence-corrected chi connectivity index (χ2v) is 8.60. The van der Waals surface area contributed by atoms with Crippen molar-refractivity contribution in [3.63, 3.8) is 0 Å². The Hall–Kier alpha value is -1.02. The minimum Gasteiger partial charge on any atom is -0.508 e. The fraction of sp³-hybridized carbons (Fsp3) is 0.684. The molecule has 1 N–H and O–H groups in total. The van der Waals surface area contributed by atoms with Crippen LogP contribution in [0.2, 0.25) is 0 Å². The molecule has 0 amide bonds. The van der Waals surface area contributed by atoms with Crippen LogP contribution in [0.25, 0.3) is 0 Å². The summed E-state index contributed by atoms with van der Waals surface area (Å²) in [6.07, 6.45) is 2.32. The van der Waals surface area contributed by atoms with Crippen LogP contribution in [-0.4, -0.2) is 29.1 Å². The normalized spacial score (nSPS) is 32.8. The predicted molar refractivity (Wildman–Crippen MR) is 87.8 cm³/mol. The molecule has 0 radical (unpaired) electrons. The lowest BCUT2D eigenvalue weighted by Gasteiger charge is -2.55. The van der Waals surface area contributed by atoms with Gasteiger partial charge in [0.05, 0.1) is 0 Å². The number of aromatic hydroxyl groups is 1. The minimum absolute atomic E-state index is 0.214. The van der Waals surface area contributed by atoms with Crippen LogP contribution in [0.5, 0.6) is 5.75 Å². The molecule has 1 fully saturated rings. The summed E-state index contributed by atoms with van der Waals surface area (Å²) < 4.78 is 0. The first-order valence-electron chi connectivity index (χ1n) is 8.27. The quantitative estimate of drug-likeness (QED) is 0.845. The number of nitrogens with zero attached hydrogens (tertiary/aromatic N) is 1. The summed E-state index contributed by atoms with van der Waals surface area (Å²) in [7, 11) is 0. The topological polar surface area (TPSA) is 23.5 Å². The van der Waals surface area contributed by atoms with Crippen LogP contribution in [0.1, 0.15) is 52.2 Å². The smallest absolute Gasteiger partial charge is 0.115 e. The van der Waals surface area contributed by atoms with Crippen LogP contribution < -0.4 is 0 Å². The van der Waals surface area contributed by atoms with Crippen molar-refractivity contribution in [1.82, 2.24) is 4.90 Å². The summed E-state index contributed by atoms with van der Waals surface area (Å²) in [5, 5.41) is 9.88. The zero-order valence-corrected chi connectivity index (χ0v) is 14.1. The molecule has 1 heterocycles. The van der Waals surface area contributed by atoms with Gasteiger partial charge in [0.2, 0.25) is 0 Å². The van der Waals surface area contributed by atoms with Gasteiger partial charge in [0.1, 0.15) is 5.75 Å². The molecular weight excluding hydrogens is 258 g/mol. The zero-order chi connectivity index (χ0) is 15.4. The Bertz CT molecular complexity index is 545. The van der Waals surface area contributed by atoms with Gasteiger partial charge in [0.15, 0.2) is 0 Å². The van der Waals surface area contributed by atoms with Crippen molar-refractivity contribution in [3.8, 4) is 5.75 Å².